The van der Waals surface area contributed by atoms with Crippen molar-refractivity contribution in [1.82, 2.24) is 10.2 Å². The number of nitrogens with one attached hydrogen (secondary N) is 1. The Labute approximate surface area is 185 Å². The number of carbonyl (C=O) groups is 3. The number of nitrogens with zero attached hydrogens (tertiary/aromatic N) is 1. The van der Waals surface area contributed by atoms with Crippen LogP contribution in [0.5, 0.6) is 0 Å². The molecule has 0 aliphatic carbocycles. The molecule has 3 amide bonds. The first-order chi connectivity index (χ1) is 15.2. The summed E-state index contributed by atoms with van der Waals surface area (Å²) < 4.78 is 28.1. The molecule has 168 valence electrons. The lowest BCUT2D eigenvalue weighted by Crippen LogP contribution is -2.36. The highest BCUT2D eigenvalue weighted by atomic mass is 32.2. The molecule has 2 aromatic carbocycles. The second kappa shape index (κ2) is 8.81. The van der Waals surface area contributed by atoms with Crippen molar-refractivity contribution >= 4 is 27.7 Å². The second-order valence-electron chi connectivity index (χ2n) is 7.81. The average molecular weight is 458 g/mol. The van der Waals surface area contributed by atoms with Crippen molar-refractivity contribution in [1.29, 1.82) is 0 Å². The predicted octanol–water partition coefficient (Wildman–Crippen LogP) is 1.08. The number of rotatable bonds is 7. The van der Waals surface area contributed by atoms with E-state index in [0.717, 1.165) is 18.4 Å². The number of hydrogen-bond acceptors (Lipinski definition) is 6. The fraction of sp³-hybridized carbons (Fsp3) is 0.318. The average Bonchev–Trinajstić information content (AvgIpc) is 3.36. The molecule has 1 saturated heterocycles. The second-order valence-corrected chi connectivity index (χ2v) is 9.37. The highest BCUT2D eigenvalue weighted by Gasteiger charge is 2.37. The molecule has 0 bridgehead atoms. The van der Waals surface area contributed by atoms with Crippen LogP contribution in [0.1, 0.15) is 49.5 Å². The molecular weight excluding hydrogens is 434 g/mol. The van der Waals surface area contributed by atoms with E-state index >= 15 is 0 Å². The summed E-state index contributed by atoms with van der Waals surface area (Å²) in [5.41, 5.74) is 1.63. The molecule has 2 heterocycles. The van der Waals surface area contributed by atoms with E-state index in [1.54, 1.807) is 12.1 Å². The summed E-state index contributed by atoms with van der Waals surface area (Å²) in [5, 5.41) is 7.85. The van der Waals surface area contributed by atoms with E-state index < -0.39 is 15.9 Å². The van der Waals surface area contributed by atoms with Gasteiger partial charge in [0.05, 0.1) is 28.7 Å². The van der Waals surface area contributed by atoms with Gasteiger partial charge < -0.3 is 10.1 Å². The normalized spacial score (nSPS) is 18.2. The van der Waals surface area contributed by atoms with Gasteiger partial charge in [-0.15, -0.1) is 0 Å². The van der Waals surface area contributed by atoms with Crippen LogP contribution in [0.2, 0.25) is 0 Å². The smallest absolute Gasteiger partial charge is 0.261 e. The molecule has 2 aromatic rings. The van der Waals surface area contributed by atoms with Crippen LogP contribution in [0.25, 0.3) is 0 Å². The zero-order valence-electron chi connectivity index (χ0n) is 17.2. The Hall–Kier alpha value is -3.08. The van der Waals surface area contributed by atoms with Crippen LogP contribution in [0, 0.1) is 0 Å². The topological polar surface area (TPSA) is 136 Å². The van der Waals surface area contributed by atoms with Gasteiger partial charge in [0.25, 0.3) is 17.7 Å². The number of benzene rings is 2. The third kappa shape index (κ3) is 4.57. The van der Waals surface area contributed by atoms with Crippen molar-refractivity contribution in [2.45, 2.75) is 30.3 Å². The maximum absolute atomic E-state index is 12.7. The van der Waals surface area contributed by atoms with E-state index in [1.165, 1.54) is 35.2 Å². The lowest BCUT2D eigenvalue weighted by molar-refractivity contribution is 0.0475. The first-order valence-corrected chi connectivity index (χ1v) is 11.8. The Morgan fingerprint density at radius 2 is 1.81 bits per heavy atom. The van der Waals surface area contributed by atoms with Gasteiger partial charge in [-0.25, -0.2) is 13.6 Å². The Morgan fingerprint density at radius 3 is 2.47 bits per heavy atom. The van der Waals surface area contributed by atoms with Crippen molar-refractivity contribution in [2.24, 2.45) is 5.14 Å². The largest absolute Gasteiger partial charge is 0.376 e. The maximum Gasteiger partial charge on any atom is 0.261 e. The highest BCUT2D eigenvalue weighted by molar-refractivity contribution is 7.89. The summed E-state index contributed by atoms with van der Waals surface area (Å²) in [6.45, 7) is 1.16. The standard InChI is InChI=1S/C22H23N3O6S/c23-32(29,30)17-6-3-14(4-7-17)9-10-24-20(26)15-5-8-18-19(12-15)22(28)25(21(18)27)13-16-2-1-11-31-16/h3-8,12,16H,1-2,9-11,13H2,(H,24,26)(H2,23,29,30). The summed E-state index contributed by atoms with van der Waals surface area (Å²) in [5.74, 6) is -1.15. The summed E-state index contributed by atoms with van der Waals surface area (Å²) in [6, 6.07) is 10.6. The van der Waals surface area contributed by atoms with Gasteiger partial charge in [0.15, 0.2) is 0 Å². The Kier molecular flexibility index (Phi) is 6.09. The van der Waals surface area contributed by atoms with E-state index in [4.69, 9.17) is 9.88 Å². The van der Waals surface area contributed by atoms with Gasteiger partial charge >= 0.3 is 0 Å². The van der Waals surface area contributed by atoms with Crippen LogP contribution in [-0.4, -0.2) is 56.8 Å². The van der Waals surface area contributed by atoms with Crippen LogP contribution in [0.15, 0.2) is 47.4 Å². The van der Waals surface area contributed by atoms with Gasteiger partial charge in [-0.1, -0.05) is 12.1 Å². The van der Waals surface area contributed by atoms with Crippen LogP contribution in [-0.2, 0) is 21.2 Å². The van der Waals surface area contributed by atoms with Gasteiger partial charge in [-0.2, -0.15) is 0 Å². The molecule has 10 heteroatoms. The lowest BCUT2D eigenvalue weighted by atomic mass is 10.1. The molecule has 32 heavy (non-hydrogen) atoms. The Balaban J connectivity index is 1.37. The van der Waals surface area contributed by atoms with Gasteiger partial charge in [0.1, 0.15) is 0 Å². The molecule has 0 aromatic heterocycles. The van der Waals surface area contributed by atoms with E-state index in [1.807, 2.05) is 0 Å². The zero-order valence-corrected chi connectivity index (χ0v) is 18.1. The van der Waals surface area contributed by atoms with Crippen LogP contribution < -0.4 is 10.5 Å². The van der Waals surface area contributed by atoms with Gasteiger partial charge in [-0.3, -0.25) is 19.3 Å². The monoisotopic (exact) mass is 457 g/mol. The zero-order chi connectivity index (χ0) is 22.9. The molecule has 2 aliphatic heterocycles. The van der Waals surface area contributed by atoms with Gasteiger partial charge in [0, 0.05) is 18.7 Å². The van der Waals surface area contributed by atoms with Gasteiger partial charge in [-0.05, 0) is 55.2 Å². The van der Waals surface area contributed by atoms with Crippen molar-refractivity contribution in [3.05, 3.63) is 64.7 Å². The van der Waals surface area contributed by atoms with Gasteiger partial charge in [0.2, 0.25) is 10.0 Å². The summed E-state index contributed by atoms with van der Waals surface area (Å²) in [7, 11) is -3.75. The molecule has 4 rings (SSSR count). The Bertz CT molecular complexity index is 1170. The number of carbonyl (C=O) groups excluding carboxylic acids is 3. The number of nitrogens with two attached hydrogens (primary N) is 1. The highest BCUT2D eigenvalue weighted by Crippen LogP contribution is 2.26. The lowest BCUT2D eigenvalue weighted by Gasteiger charge is -2.17. The predicted molar refractivity (Wildman–Crippen MR) is 115 cm³/mol. The SMILES string of the molecule is NS(=O)(=O)c1ccc(CCNC(=O)c2ccc3c(c2)C(=O)N(CC2CCCO2)C3=O)cc1. The molecule has 0 radical (unpaired) electrons. The number of primary sulfonamides is 1. The number of imide groups is 1. The number of fused-ring (bicyclic) bond motifs is 1. The molecule has 1 atom stereocenters. The number of ether oxygens (including phenoxy) is 1. The van der Waals surface area contributed by atoms with Crippen molar-refractivity contribution in [2.75, 3.05) is 19.7 Å². The third-order valence-electron chi connectivity index (χ3n) is 5.59. The quantitative estimate of drug-likeness (QED) is 0.597. The van der Waals surface area contributed by atoms with Crippen molar-refractivity contribution < 1.29 is 27.5 Å². The van der Waals surface area contributed by atoms with Crippen molar-refractivity contribution in [3.63, 3.8) is 0 Å². The Morgan fingerprint density at radius 1 is 1.09 bits per heavy atom. The van der Waals surface area contributed by atoms with E-state index in [9.17, 15) is 22.8 Å². The van der Waals surface area contributed by atoms with Crippen molar-refractivity contribution in [3.8, 4) is 0 Å². The summed E-state index contributed by atoms with van der Waals surface area (Å²) in [6.07, 6.45) is 2.06. The van der Waals surface area contributed by atoms with Crippen LogP contribution in [0.3, 0.4) is 0 Å². The molecular formula is C22H23N3O6S. The minimum absolute atomic E-state index is 0.0242. The van der Waals surface area contributed by atoms with Crippen LogP contribution in [0.4, 0.5) is 0 Å². The van der Waals surface area contributed by atoms with E-state index in [-0.39, 0.29) is 40.5 Å². The molecule has 2 aliphatic rings. The fourth-order valence-corrected chi connectivity index (χ4v) is 4.37. The van der Waals surface area contributed by atoms with Crippen LogP contribution >= 0.6 is 0 Å². The summed E-state index contributed by atoms with van der Waals surface area (Å²) >= 11 is 0. The third-order valence-corrected chi connectivity index (χ3v) is 6.52. The minimum atomic E-state index is -3.75. The number of sulfonamides is 1. The molecule has 9 nitrogen and oxygen atoms in total. The van der Waals surface area contributed by atoms with E-state index in [0.29, 0.717) is 25.1 Å². The molecule has 0 saturated carbocycles. The minimum Gasteiger partial charge on any atom is -0.376 e. The maximum atomic E-state index is 12.7. The molecule has 0 spiro atoms. The molecule has 1 fully saturated rings. The first kappa shape index (κ1) is 22.1. The molecule has 3 N–H and O–H groups in total. The first-order valence-electron chi connectivity index (χ1n) is 10.3. The fourth-order valence-electron chi connectivity index (χ4n) is 3.86. The summed E-state index contributed by atoms with van der Waals surface area (Å²) in [4.78, 5) is 39.1. The number of amides is 3. The number of hydrogen-bond donors (Lipinski definition) is 2. The molecule has 1 unspecified atom stereocenters. The van der Waals surface area contributed by atoms with E-state index in [2.05, 4.69) is 5.32 Å².